The number of rotatable bonds is 8. The molecule has 0 radical (unpaired) electrons. The molecule has 0 aromatic rings. The van der Waals surface area contributed by atoms with Crippen LogP contribution in [0, 0.1) is 0 Å². The van der Waals surface area contributed by atoms with Crippen LogP contribution in [0.5, 0.6) is 0 Å². The summed E-state index contributed by atoms with van der Waals surface area (Å²) in [5, 5.41) is 0. The number of hydrogen-bond acceptors (Lipinski definition) is 3. The lowest BCUT2D eigenvalue weighted by Crippen LogP contribution is -2.50. The Labute approximate surface area is 137 Å². The van der Waals surface area contributed by atoms with Gasteiger partial charge in [0.1, 0.15) is 6.61 Å². The monoisotopic (exact) mass is 446 g/mol. The molecule has 0 saturated carbocycles. The average molecular weight is 446 g/mol. The van der Waals surface area contributed by atoms with Crippen molar-refractivity contribution < 1.29 is 80.1 Å². The minimum atomic E-state index is -6.45. The first kappa shape index (κ1) is 25.8. The van der Waals surface area contributed by atoms with Crippen molar-refractivity contribution in [1.29, 1.82) is 0 Å². The van der Waals surface area contributed by atoms with Crippen LogP contribution in [-0.2, 0) is 14.2 Å². The van der Waals surface area contributed by atoms with Crippen LogP contribution >= 0.6 is 0 Å². The van der Waals surface area contributed by atoms with Crippen LogP contribution in [0.25, 0.3) is 0 Å². The SMILES string of the molecule is FC(OC(F)(F)F)C(F)(F)COC(OC(F)(F)C(F)C(F)(F)F)C(F)(F)F. The second kappa shape index (κ2) is 8.06. The van der Waals surface area contributed by atoms with Gasteiger partial charge in [0.05, 0.1) is 0 Å². The lowest BCUT2D eigenvalue weighted by molar-refractivity contribution is -0.429. The van der Waals surface area contributed by atoms with Gasteiger partial charge in [-0.05, 0) is 0 Å². The van der Waals surface area contributed by atoms with Crippen molar-refractivity contribution in [3.8, 4) is 0 Å². The summed E-state index contributed by atoms with van der Waals surface area (Å²) >= 11 is 0. The van der Waals surface area contributed by atoms with Gasteiger partial charge in [-0.15, -0.1) is 13.2 Å². The van der Waals surface area contributed by atoms with Crippen LogP contribution < -0.4 is 0 Å². The molecule has 0 saturated heterocycles. The lowest BCUT2D eigenvalue weighted by atomic mass is 10.3. The van der Waals surface area contributed by atoms with Crippen LogP contribution in [0.3, 0.4) is 0 Å². The first-order valence-electron chi connectivity index (χ1n) is 5.81. The third-order valence-electron chi connectivity index (χ3n) is 2.11. The predicted octanol–water partition coefficient (Wildman–Crippen LogP) is 4.87. The van der Waals surface area contributed by atoms with Crippen LogP contribution in [0.2, 0.25) is 0 Å². The zero-order chi connectivity index (χ0) is 22.1. The molecule has 0 aromatic carbocycles. The first-order chi connectivity index (χ1) is 11.6. The highest BCUT2D eigenvalue weighted by Crippen LogP contribution is 2.39. The van der Waals surface area contributed by atoms with Gasteiger partial charge in [-0.2, -0.15) is 43.9 Å². The Kier molecular flexibility index (Phi) is 7.71. The standard InChI is InChI=1S/C9H5F15O3/c10-2(6(14,15)16)8(20,21)27-4(7(17,18)19)25-1-5(12,13)3(11)26-9(22,23)24/h2-4H,1H2. The molecule has 0 rings (SSSR count). The van der Waals surface area contributed by atoms with Gasteiger partial charge >= 0.3 is 30.7 Å². The van der Waals surface area contributed by atoms with Gasteiger partial charge in [0.25, 0.3) is 18.8 Å². The molecule has 18 heteroatoms. The fourth-order valence-electron chi connectivity index (χ4n) is 1.04. The van der Waals surface area contributed by atoms with E-state index in [4.69, 9.17) is 0 Å². The van der Waals surface area contributed by atoms with Gasteiger partial charge in [0, 0.05) is 0 Å². The summed E-state index contributed by atoms with van der Waals surface area (Å²) in [5.41, 5.74) is 0. The summed E-state index contributed by atoms with van der Waals surface area (Å²) in [6.45, 7) is -3.08. The van der Waals surface area contributed by atoms with Crippen LogP contribution in [0.4, 0.5) is 65.9 Å². The highest BCUT2D eigenvalue weighted by Gasteiger charge is 2.62. The Morgan fingerprint density at radius 1 is 0.630 bits per heavy atom. The Hall–Kier alpha value is -1.17. The van der Waals surface area contributed by atoms with Crippen molar-refractivity contribution in [1.82, 2.24) is 0 Å². The third kappa shape index (κ3) is 8.58. The molecule has 0 bridgehead atoms. The minimum Gasteiger partial charge on any atom is -0.338 e. The van der Waals surface area contributed by atoms with E-state index in [9.17, 15) is 65.9 Å². The largest absolute Gasteiger partial charge is 0.525 e. The Morgan fingerprint density at radius 2 is 1.07 bits per heavy atom. The smallest absolute Gasteiger partial charge is 0.338 e. The van der Waals surface area contributed by atoms with Crippen molar-refractivity contribution in [2.45, 2.75) is 49.6 Å². The molecule has 0 aliphatic carbocycles. The fourth-order valence-corrected chi connectivity index (χ4v) is 1.04. The topological polar surface area (TPSA) is 27.7 Å². The summed E-state index contributed by atoms with van der Waals surface area (Å²) in [5.74, 6) is -5.56. The number of halogens is 15. The van der Waals surface area contributed by atoms with Crippen molar-refractivity contribution >= 4 is 0 Å². The van der Waals surface area contributed by atoms with Gasteiger partial charge in [-0.3, -0.25) is 9.47 Å². The Bertz CT molecular complexity index is 467. The van der Waals surface area contributed by atoms with Gasteiger partial charge in [-0.25, -0.2) is 8.78 Å². The number of hydrogen-bond donors (Lipinski definition) is 0. The van der Waals surface area contributed by atoms with E-state index in [0.717, 1.165) is 0 Å². The maximum atomic E-state index is 12.9. The Balaban J connectivity index is 5.26. The summed E-state index contributed by atoms with van der Waals surface area (Å²) in [6.07, 6.45) is -39.8. The third-order valence-corrected chi connectivity index (χ3v) is 2.11. The summed E-state index contributed by atoms with van der Waals surface area (Å²) in [6, 6.07) is 0. The molecule has 0 spiro atoms. The minimum absolute atomic E-state index is 2.13. The van der Waals surface area contributed by atoms with E-state index in [1.54, 1.807) is 0 Å². The zero-order valence-electron chi connectivity index (χ0n) is 11.8. The van der Waals surface area contributed by atoms with E-state index in [2.05, 4.69) is 14.2 Å². The molecular weight excluding hydrogens is 441 g/mol. The Morgan fingerprint density at radius 3 is 1.41 bits per heavy atom. The van der Waals surface area contributed by atoms with E-state index in [1.165, 1.54) is 0 Å². The molecule has 3 nitrogen and oxygen atoms in total. The molecule has 0 fully saturated rings. The zero-order valence-corrected chi connectivity index (χ0v) is 11.8. The molecule has 0 aliphatic rings. The molecule has 0 heterocycles. The van der Waals surface area contributed by atoms with E-state index in [-0.39, 0.29) is 0 Å². The van der Waals surface area contributed by atoms with Gasteiger partial charge in [0.2, 0.25) is 0 Å². The van der Waals surface area contributed by atoms with Gasteiger partial charge < -0.3 is 4.74 Å². The molecule has 27 heavy (non-hydrogen) atoms. The van der Waals surface area contributed by atoms with Crippen LogP contribution in [0.1, 0.15) is 0 Å². The van der Waals surface area contributed by atoms with Crippen LogP contribution in [0.15, 0.2) is 0 Å². The van der Waals surface area contributed by atoms with E-state index in [0.29, 0.717) is 0 Å². The molecule has 3 atom stereocenters. The van der Waals surface area contributed by atoms with Gasteiger partial charge in [0.15, 0.2) is 0 Å². The molecule has 0 amide bonds. The molecular formula is C9H5F15O3. The maximum absolute atomic E-state index is 12.9. The first-order valence-corrected chi connectivity index (χ1v) is 5.81. The summed E-state index contributed by atoms with van der Waals surface area (Å²) in [7, 11) is 0. The number of ether oxygens (including phenoxy) is 3. The average Bonchev–Trinajstić information content (AvgIpc) is 2.38. The second-order valence-electron chi connectivity index (χ2n) is 4.41. The van der Waals surface area contributed by atoms with Crippen molar-refractivity contribution in [3.05, 3.63) is 0 Å². The van der Waals surface area contributed by atoms with E-state index >= 15 is 0 Å². The van der Waals surface area contributed by atoms with Crippen molar-refractivity contribution in [3.63, 3.8) is 0 Å². The van der Waals surface area contributed by atoms with Gasteiger partial charge in [-0.1, -0.05) is 0 Å². The summed E-state index contributed by atoms with van der Waals surface area (Å²) in [4.78, 5) is 0. The molecule has 3 unspecified atom stereocenters. The van der Waals surface area contributed by atoms with Crippen molar-refractivity contribution in [2.24, 2.45) is 0 Å². The fraction of sp³-hybridized carbons (Fsp3) is 1.00. The number of alkyl halides is 15. The highest BCUT2D eigenvalue weighted by atomic mass is 19.4. The second-order valence-corrected chi connectivity index (χ2v) is 4.41. The molecule has 164 valence electrons. The highest BCUT2D eigenvalue weighted by molar-refractivity contribution is 4.78. The summed E-state index contributed by atoms with van der Waals surface area (Å²) < 4.78 is 191. The lowest BCUT2D eigenvalue weighted by Gasteiger charge is -2.29. The normalized spacial score (nSPS) is 18.3. The van der Waals surface area contributed by atoms with E-state index < -0.39 is 56.2 Å². The van der Waals surface area contributed by atoms with Crippen LogP contribution in [-0.4, -0.2) is 56.2 Å². The molecule has 0 N–H and O–H groups in total. The van der Waals surface area contributed by atoms with E-state index in [1.807, 2.05) is 0 Å². The molecule has 0 aliphatic heterocycles. The maximum Gasteiger partial charge on any atom is 0.525 e. The quantitative estimate of drug-likeness (QED) is 0.394. The molecule has 0 aromatic heterocycles. The van der Waals surface area contributed by atoms with Crippen molar-refractivity contribution in [2.75, 3.05) is 6.61 Å². The predicted molar refractivity (Wildman–Crippen MR) is 49.8 cm³/mol.